The van der Waals surface area contributed by atoms with Crippen molar-refractivity contribution < 1.29 is 14.3 Å². The van der Waals surface area contributed by atoms with Gasteiger partial charge < -0.3 is 9.47 Å². The van der Waals surface area contributed by atoms with Gasteiger partial charge in [-0.2, -0.15) is 0 Å². The van der Waals surface area contributed by atoms with Gasteiger partial charge in [-0.15, -0.1) is 0 Å². The molecular formula is C40H34N2O3. The number of carbonyl (C=O) groups excluding carboxylic acids is 1. The molecule has 0 amide bonds. The molecule has 0 spiro atoms. The van der Waals surface area contributed by atoms with E-state index in [4.69, 9.17) is 19.4 Å². The number of benzene rings is 5. The molecule has 0 saturated carbocycles. The molecule has 1 aromatic heterocycles. The van der Waals surface area contributed by atoms with Crippen molar-refractivity contribution in [3.05, 3.63) is 131 Å². The van der Waals surface area contributed by atoms with Crippen molar-refractivity contribution in [2.75, 3.05) is 6.61 Å². The van der Waals surface area contributed by atoms with Gasteiger partial charge in [0, 0.05) is 44.9 Å². The third kappa shape index (κ3) is 4.49. The van der Waals surface area contributed by atoms with Crippen molar-refractivity contribution in [1.29, 1.82) is 0 Å². The van der Waals surface area contributed by atoms with Crippen molar-refractivity contribution in [1.82, 2.24) is 9.97 Å². The number of hydrogen-bond donors (Lipinski definition) is 0. The highest BCUT2D eigenvalue weighted by atomic mass is 16.5. The first-order valence-electron chi connectivity index (χ1n) is 15.7. The van der Waals surface area contributed by atoms with Crippen LogP contribution in [0.4, 0.5) is 0 Å². The summed E-state index contributed by atoms with van der Waals surface area (Å²) in [5.41, 5.74) is 7.40. The topological polar surface area (TPSA) is 61.3 Å². The predicted octanol–water partition coefficient (Wildman–Crippen LogP) is 9.21. The number of nitrogens with zero attached hydrogens (tertiary/aromatic N) is 2. The van der Waals surface area contributed by atoms with E-state index in [0.29, 0.717) is 23.3 Å². The lowest BCUT2D eigenvalue weighted by Gasteiger charge is -2.49. The summed E-state index contributed by atoms with van der Waals surface area (Å²) < 4.78 is 13.6. The summed E-state index contributed by atoms with van der Waals surface area (Å²) >= 11 is 0. The Bertz CT molecular complexity index is 2170. The first-order chi connectivity index (χ1) is 21.9. The molecule has 0 saturated heterocycles. The quantitative estimate of drug-likeness (QED) is 0.0867. The largest absolute Gasteiger partial charge is 0.493 e. The summed E-state index contributed by atoms with van der Waals surface area (Å²) in [6.07, 6.45) is 4.08. The van der Waals surface area contributed by atoms with Crippen molar-refractivity contribution in [3.63, 3.8) is 0 Å². The Morgan fingerprint density at radius 1 is 0.844 bits per heavy atom. The maximum Gasteiger partial charge on any atom is 0.193 e. The third-order valence-electron chi connectivity index (χ3n) is 9.59. The molecule has 0 fully saturated rings. The predicted molar refractivity (Wildman–Crippen MR) is 179 cm³/mol. The van der Waals surface area contributed by atoms with Crippen LogP contribution in [-0.4, -0.2) is 28.0 Å². The molecule has 0 unspecified atom stereocenters. The Morgan fingerprint density at radius 2 is 1.58 bits per heavy atom. The molecule has 0 bridgehead atoms. The van der Waals surface area contributed by atoms with Gasteiger partial charge in [-0.1, -0.05) is 84.4 Å². The molecule has 0 N–H and O–H groups in total. The van der Waals surface area contributed by atoms with Crippen LogP contribution >= 0.6 is 0 Å². The maximum absolute atomic E-state index is 13.4. The van der Waals surface area contributed by atoms with Crippen molar-refractivity contribution in [2.45, 2.75) is 45.1 Å². The summed E-state index contributed by atoms with van der Waals surface area (Å²) in [5, 5.41) is 2.05. The molecule has 222 valence electrons. The van der Waals surface area contributed by atoms with Crippen LogP contribution in [0.2, 0.25) is 0 Å². The van der Waals surface area contributed by atoms with Gasteiger partial charge in [0.25, 0.3) is 0 Å². The first-order valence-corrected chi connectivity index (χ1v) is 15.7. The van der Waals surface area contributed by atoms with Crippen molar-refractivity contribution in [2.24, 2.45) is 5.92 Å². The van der Waals surface area contributed by atoms with E-state index in [1.165, 1.54) is 5.57 Å². The van der Waals surface area contributed by atoms with Crippen LogP contribution in [0.1, 0.15) is 66.6 Å². The molecule has 3 heterocycles. The molecule has 0 radical (unpaired) electrons. The third-order valence-corrected chi connectivity index (χ3v) is 9.59. The van der Waals surface area contributed by atoms with Gasteiger partial charge in [0.2, 0.25) is 0 Å². The molecule has 6 aromatic rings. The fourth-order valence-corrected chi connectivity index (χ4v) is 7.31. The fourth-order valence-electron chi connectivity index (χ4n) is 7.31. The summed E-state index contributed by atoms with van der Waals surface area (Å²) in [6.45, 7) is 7.08. The Balaban J connectivity index is 1.40. The van der Waals surface area contributed by atoms with E-state index in [2.05, 4.69) is 63.2 Å². The van der Waals surface area contributed by atoms with E-state index in [9.17, 15) is 4.79 Å². The minimum absolute atomic E-state index is 0.00314. The fraction of sp³-hybridized carbons (Fsp3) is 0.225. The first kappa shape index (κ1) is 27.5. The monoisotopic (exact) mass is 590 g/mol. The van der Waals surface area contributed by atoms with E-state index in [1.807, 2.05) is 60.7 Å². The zero-order valence-electron chi connectivity index (χ0n) is 25.7. The molecule has 2 aliphatic heterocycles. The molecule has 5 nitrogen and oxygen atoms in total. The number of ketones is 1. The molecule has 45 heavy (non-hydrogen) atoms. The number of rotatable bonds is 5. The van der Waals surface area contributed by atoms with E-state index in [0.717, 1.165) is 62.8 Å². The maximum atomic E-state index is 13.4. The SMILES string of the molecule is CC(C)=CCC[C@@]1(C)Oc2c(c3nc4cc(C(=O)c5ccccc5)ccc4nc3c3ccccc23)[C@@H]2c3ccccc3OC[C@@H]21. The number of allylic oxidation sites excluding steroid dienone is 2. The summed E-state index contributed by atoms with van der Waals surface area (Å²) in [6, 6.07) is 31.7. The molecule has 5 heteroatoms. The zero-order valence-corrected chi connectivity index (χ0v) is 25.7. The highest BCUT2D eigenvalue weighted by Crippen LogP contribution is 2.57. The molecule has 0 aliphatic carbocycles. The van der Waals surface area contributed by atoms with Gasteiger partial charge >= 0.3 is 0 Å². The van der Waals surface area contributed by atoms with E-state index in [-0.39, 0.29) is 17.6 Å². The highest BCUT2D eigenvalue weighted by Gasteiger charge is 2.51. The average Bonchev–Trinajstić information content (AvgIpc) is 3.07. The normalized spacial score (nSPS) is 20.1. The molecule has 2 aliphatic rings. The minimum atomic E-state index is -0.465. The van der Waals surface area contributed by atoms with Crippen LogP contribution in [-0.2, 0) is 0 Å². The van der Waals surface area contributed by atoms with E-state index < -0.39 is 5.60 Å². The van der Waals surface area contributed by atoms with Gasteiger partial charge in [0.15, 0.2) is 5.78 Å². The smallest absolute Gasteiger partial charge is 0.193 e. The van der Waals surface area contributed by atoms with Crippen LogP contribution < -0.4 is 9.47 Å². The number of fused-ring (bicyclic) bond motifs is 11. The van der Waals surface area contributed by atoms with Crippen molar-refractivity contribution in [3.8, 4) is 11.5 Å². The highest BCUT2D eigenvalue weighted by molar-refractivity contribution is 6.13. The van der Waals surface area contributed by atoms with Gasteiger partial charge in [0.05, 0.1) is 28.7 Å². The van der Waals surface area contributed by atoms with Crippen molar-refractivity contribution >= 4 is 38.6 Å². The van der Waals surface area contributed by atoms with Crippen LogP contribution in [0.25, 0.3) is 32.8 Å². The van der Waals surface area contributed by atoms with Gasteiger partial charge in [-0.25, -0.2) is 9.97 Å². The Morgan fingerprint density at radius 3 is 2.40 bits per heavy atom. The van der Waals surface area contributed by atoms with Crippen LogP contribution in [0.15, 0.2) is 109 Å². The van der Waals surface area contributed by atoms with Crippen LogP contribution in [0.3, 0.4) is 0 Å². The molecule has 3 atom stereocenters. The number of hydrogen-bond acceptors (Lipinski definition) is 5. The Labute approximate surface area is 262 Å². The minimum Gasteiger partial charge on any atom is -0.493 e. The second kappa shape index (κ2) is 10.6. The van der Waals surface area contributed by atoms with Gasteiger partial charge in [-0.3, -0.25) is 4.79 Å². The zero-order chi connectivity index (χ0) is 30.7. The van der Waals surface area contributed by atoms with E-state index in [1.54, 1.807) is 0 Å². The number of carbonyl (C=O) groups is 1. The summed E-state index contributed by atoms with van der Waals surface area (Å²) in [5.74, 6) is 1.82. The molecule has 8 rings (SSSR count). The number of para-hydroxylation sites is 1. The van der Waals surface area contributed by atoms with Gasteiger partial charge in [-0.05, 0) is 57.9 Å². The molecule has 5 aromatic carbocycles. The lowest BCUT2D eigenvalue weighted by atomic mass is 9.67. The summed E-state index contributed by atoms with van der Waals surface area (Å²) in [7, 11) is 0. The Kier molecular flexibility index (Phi) is 6.45. The second-order valence-corrected chi connectivity index (χ2v) is 12.8. The average molecular weight is 591 g/mol. The number of ether oxygens (including phenoxy) is 2. The van der Waals surface area contributed by atoms with E-state index >= 15 is 0 Å². The lowest BCUT2D eigenvalue weighted by molar-refractivity contribution is -0.0316. The van der Waals surface area contributed by atoms with Crippen LogP contribution in [0, 0.1) is 5.92 Å². The number of aromatic nitrogens is 2. The van der Waals surface area contributed by atoms with Gasteiger partial charge in [0.1, 0.15) is 17.1 Å². The Hall–Kier alpha value is -5.03. The summed E-state index contributed by atoms with van der Waals surface area (Å²) in [4.78, 5) is 23.9. The lowest BCUT2D eigenvalue weighted by Crippen LogP contribution is -2.51. The molecular weight excluding hydrogens is 556 g/mol. The second-order valence-electron chi connectivity index (χ2n) is 12.8. The standard InChI is InChI=1S/C40H34N2O3/c1-24(2)12-11-21-40(3)30-23-44-33-18-10-9-17-29(33)34(30)35-37-36(27-15-7-8-16-28(27)39(35)45-40)41-31-20-19-26(22-32(31)42-37)38(43)25-13-5-4-6-14-25/h4-10,12-20,22,30,34H,11,21,23H2,1-3H3/t30-,34+,40+/m0/s1. The van der Waals surface area contributed by atoms with Crippen LogP contribution in [0.5, 0.6) is 11.5 Å².